The molecule has 0 aromatic carbocycles. The van der Waals surface area contributed by atoms with E-state index in [0.29, 0.717) is 22.7 Å². The van der Waals surface area contributed by atoms with Gasteiger partial charge in [0.25, 0.3) is 0 Å². The monoisotopic (exact) mass is 180 g/mol. The molecule has 3 radical (unpaired) electrons. The predicted octanol–water partition coefficient (Wildman–Crippen LogP) is 0.401. The summed E-state index contributed by atoms with van der Waals surface area (Å²) in [5, 5.41) is 8.73. The van der Waals surface area contributed by atoms with E-state index in [1.54, 1.807) is 0 Å². The minimum atomic E-state index is -0.676. The average Bonchev–Trinajstić information content (AvgIpc) is 2.02. The van der Waals surface area contributed by atoms with Gasteiger partial charge in [0.05, 0.1) is 6.42 Å². The maximum atomic E-state index is 10.6. The summed E-state index contributed by atoms with van der Waals surface area (Å²) in [6.07, 6.45) is 2.55. The molecule has 0 saturated carbocycles. The van der Waals surface area contributed by atoms with Gasteiger partial charge in [0, 0.05) is 25.6 Å². The van der Waals surface area contributed by atoms with Crippen LogP contribution in [0.3, 0.4) is 0 Å². The molecule has 13 heavy (non-hydrogen) atoms. The molecule has 3 rings (SSSR count). The number of rotatable bonds is 2. The van der Waals surface area contributed by atoms with Crippen molar-refractivity contribution in [3.63, 3.8) is 0 Å². The molecule has 71 valence electrons. The van der Waals surface area contributed by atoms with E-state index in [1.165, 1.54) is 0 Å². The maximum Gasteiger partial charge on any atom is 0.303 e. The molecular weight excluding hydrogens is 165 g/mol. The molecule has 0 aromatic heterocycles. The van der Waals surface area contributed by atoms with Crippen LogP contribution in [0.25, 0.3) is 0 Å². The van der Waals surface area contributed by atoms with Gasteiger partial charge in [-0.1, -0.05) is 0 Å². The molecule has 3 aliphatic rings. The predicted molar refractivity (Wildman–Crippen MR) is 49.1 cm³/mol. The molecule has 3 aliphatic heterocycles. The standard InChI is InChI=1S/C9H14BNO2/c10-11-3-1-7(2-4-11)8(6-11)5-9(12)13/h7-8H,1-6H2/q-1/p+1/t7?,8-,11?/m1/s1. The molecule has 0 amide bonds. The summed E-state index contributed by atoms with van der Waals surface area (Å²) in [6.45, 7) is 2.96. The van der Waals surface area contributed by atoms with Crippen molar-refractivity contribution in [2.75, 3.05) is 19.6 Å². The van der Waals surface area contributed by atoms with Crippen molar-refractivity contribution < 1.29 is 14.3 Å². The third-order valence-corrected chi connectivity index (χ3v) is 3.59. The fourth-order valence-corrected chi connectivity index (χ4v) is 2.83. The lowest BCUT2D eigenvalue weighted by atomic mass is 9.74. The van der Waals surface area contributed by atoms with Gasteiger partial charge in [0.2, 0.25) is 0 Å². The van der Waals surface area contributed by atoms with Crippen molar-refractivity contribution in [3.05, 3.63) is 0 Å². The van der Waals surface area contributed by atoms with Crippen LogP contribution >= 0.6 is 0 Å². The molecule has 0 unspecified atom stereocenters. The number of quaternary nitrogens is 1. The van der Waals surface area contributed by atoms with E-state index in [1.807, 2.05) is 0 Å². The van der Waals surface area contributed by atoms with Gasteiger partial charge in [-0.3, -0.25) is 4.79 Å². The Morgan fingerprint density at radius 3 is 2.54 bits per heavy atom. The van der Waals surface area contributed by atoms with Gasteiger partial charge in [-0.15, -0.1) is 0 Å². The van der Waals surface area contributed by atoms with Gasteiger partial charge in [0.15, 0.2) is 0 Å². The summed E-state index contributed by atoms with van der Waals surface area (Å²) in [4.78, 5) is 10.6. The third-order valence-electron chi connectivity index (χ3n) is 3.59. The molecule has 0 aliphatic carbocycles. The minimum absolute atomic E-state index is 0.307. The topological polar surface area (TPSA) is 37.3 Å². The van der Waals surface area contributed by atoms with Gasteiger partial charge in [-0.2, -0.15) is 0 Å². The van der Waals surface area contributed by atoms with Crippen molar-refractivity contribution in [2.24, 2.45) is 11.8 Å². The number of aliphatic carboxylic acids is 1. The Labute approximate surface area is 79.7 Å². The molecule has 4 heteroatoms. The summed E-state index contributed by atoms with van der Waals surface area (Å²) in [7, 11) is 6.11. The summed E-state index contributed by atoms with van der Waals surface area (Å²) in [5.41, 5.74) is 0. The van der Waals surface area contributed by atoms with Crippen LogP contribution < -0.4 is 0 Å². The second kappa shape index (κ2) is 3.01. The zero-order chi connectivity index (χ0) is 9.47. The van der Waals surface area contributed by atoms with E-state index in [2.05, 4.69) is 0 Å². The van der Waals surface area contributed by atoms with Crippen molar-refractivity contribution in [2.45, 2.75) is 19.3 Å². The van der Waals surface area contributed by atoms with Crippen LogP contribution in [-0.4, -0.2) is 43.1 Å². The zero-order valence-corrected chi connectivity index (χ0v) is 7.78. The molecular formula is C9H15BNO2. The maximum absolute atomic E-state index is 10.6. The second-order valence-electron chi connectivity index (χ2n) is 4.54. The molecule has 2 bridgehead atoms. The van der Waals surface area contributed by atoms with E-state index >= 15 is 0 Å². The number of hydrogen-bond acceptors (Lipinski definition) is 1. The highest BCUT2D eigenvalue weighted by molar-refractivity contribution is 5.97. The number of piperidine rings is 3. The number of hydrogen-bond donors (Lipinski definition) is 1. The first kappa shape index (κ1) is 9.07. The lowest BCUT2D eigenvalue weighted by Crippen LogP contribution is -2.60. The third kappa shape index (κ3) is 1.73. The van der Waals surface area contributed by atoms with E-state index in [9.17, 15) is 4.79 Å². The fraction of sp³-hybridized carbons (Fsp3) is 0.889. The van der Waals surface area contributed by atoms with Crippen LogP contribution in [0.2, 0.25) is 0 Å². The Kier molecular flexibility index (Phi) is 2.10. The number of carbonyl (C=O) groups is 1. The summed E-state index contributed by atoms with van der Waals surface area (Å²) in [6, 6.07) is 0. The Morgan fingerprint density at radius 2 is 2.08 bits per heavy atom. The Hall–Kier alpha value is -0.505. The molecule has 0 spiro atoms. The van der Waals surface area contributed by atoms with E-state index in [4.69, 9.17) is 13.1 Å². The van der Waals surface area contributed by atoms with Gasteiger partial charge < -0.3 is 9.50 Å². The number of fused-ring (bicyclic) bond motifs is 3. The van der Waals surface area contributed by atoms with Crippen molar-refractivity contribution >= 4 is 14.0 Å². The molecule has 3 nitrogen and oxygen atoms in total. The van der Waals surface area contributed by atoms with Gasteiger partial charge in [-0.25, -0.2) is 7.98 Å². The van der Waals surface area contributed by atoms with Crippen LogP contribution in [-0.2, 0) is 4.79 Å². The molecule has 3 fully saturated rings. The molecule has 1 atom stereocenters. The number of nitrogens with zero attached hydrogens (tertiary/aromatic N) is 1. The SMILES string of the molecule is [B-][N+]12CCC(CC1)[C@H](CC(=O)O)C2. The van der Waals surface area contributed by atoms with Crippen LogP contribution in [0.15, 0.2) is 0 Å². The second-order valence-corrected chi connectivity index (χ2v) is 4.54. The Balaban J connectivity index is 2.03. The first-order valence-electron chi connectivity index (χ1n) is 4.95. The summed E-state index contributed by atoms with van der Waals surface area (Å²) >= 11 is 0. The Morgan fingerprint density at radius 1 is 1.46 bits per heavy atom. The number of carboxylic acids is 1. The molecule has 1 N–H and O–H groups in total. The highest BCUT2D eigenvalue weighted by Gasteiger charge is 2.38. The first-order chi connectivity index (χ1) is 6.09. The quantitative estimate of drug-likeness (QED) is 0.624. The highest BCUT2D eigenvalue weighted by atomic mass is 16.4. The Bertz CT molecular complexity index is 224. The van der Waals surface area contributed by atoms with E-state index in [-0.39, 0.29) is 0 Å². The van der Waals surface area contributed by atoms with Gasteiger partial charge >= 0.3 is 5.97 Å². The van der Waals surface area contributed by atoms with E-state index < -0.39 is 5.97 Å². The largest absolute Gasteiger partial charge is 0.588 e. The average molecular weight is 180 g/mol. The fourth-order valence-electron chi connectivity index (χ4n) is 2.83. The normalized spacial score (nSPS) is 43.5. The smallest absolute Gasteiger partial charge is 0.303 e. The van der Waals surface area contributed by atoms with Crippen molar-refractivity contribution in [1.82, 2.24) is 0 Å². The molecule has 3 saturated heterocycles. The summed E-state index contributed by atoms with van der Waals surface area (Å²) in [5.74, 6) is 0.273. The van der Waals surface area contributed by atoms with Crippen molar-refractivity contribution in [1.29, 1.82) is 0 Å². The molecule has 3 heterocycles. The van der Waals surface area contributed by atoms with Crippen LogP contribution in [0.5, 0.6) is 0 Å². The zero-order valence-electron chi connectivity index (χ0n) is 7.78. The summed E-state index contributed by atoms with van der Waals surface area (Å²) < 4.78 is 0.619. The van der Waals surface area contributed by atoms with Crippen LogP contribution in [0, 0.1) is 11.8 Å². The van der Waals surface area contributed by atoms with Crippen LogP contribution in [0.4, 0.5) is 0 Å². The van der Waals surface area contributed by atoms with E-state index in [0.717, 1.165) is 32.5 Å². The van der Waals surface area contributed by atoms with Gasteiger partial charge in [-0.05, 0) is 18.8 Å². The molecule has 0 aromatic rings. The lowest BCUT2D eigenvalue weighted by molar-refractivity contribution is -0.841. The van der Waals surface area contributed by atoms with Gasteiger partial charge in [0.1, 0.15) is 0 Å². The highest BCUT2D eigenvalue weighted by Crippen LogP contribution is 2.37. The van der Waals surface area contributed by atoms with Crippen LogP contribution in [0.1, 0.15) is 19.3 Å². The lowest BCUT2D eigenvalue weighted by Gasteiger charge is -2.61. The number of carboxylic acid groups (broad SMARTS) is 1. The van der Waals surface area contributed by atoms with Crippen molar-refractivity contribution in [3.8, 4) is 0 Å². The minimum Gasteiger partial charge on any atom is -0.588 e. The first-order valence-corrected chi connectivity index (χ1v) is 4.95.